The van der Waals surface area contributed by atoms with Gasteiger partial charge in [0, 0.05) is 21.5 Å². The van der Waals surface area contributed by atoms with Gasteiger partial charge in [-0.15, -0.1) is 0 Å². The Morgan fingerprint density at radius 3 is 2.29 bits per heavy atom. The van der Waals surface area contributed by atoms with Crippen molar-refractivity contribution in [1.29, 1.82) is 0 Å². The summed E-state index contributed by atoms with van der Waals surface area (Å²) in [5, 5.41) is 15.1. The number of carbonyl (C=O) groups excluding carboxylic acids is 2. The van der Waals surface area contributed by atoms with E-state index in [1.54, 1.807) is 30.3 Å². The fraction of sp³-hybridized carbons (Fsp3) is 0.208. The van der Waals surface area contributed by atoms with E-state index in [2.05, 4.69) is 21.1 Å². The second-order valence-electron chi connectivity index (χ2n) is 8.39. The van der Waals surface area contributed by atoms with Crippen LogP contribution in [0.25, 0.3) is 5.76 Å². The molecule has 4 rings (SSSR count). The van der Waals surface area contributed by atoms with Gasteiger partial charge in [0.05, 0.1) is 11.6 Å². The molecule has 6 nitrogen and oxygen atoms in total. The number of hydrogen-bond donors (Lipinski definition) is 1. The normalized spacial score (nSPS) is 18.6. The van der Waals surface area contributed by atoms with Crippen LogP contribution in [0.1, 0.15) is 43.7 Å². The van der Waals surface area contributed by atoms with E-state index in [4.69, 9.17) is 4.52 Å². The van der Waals surface area contributed by atoms with Crippen LogP contribution in [0.15, 0.2) is 75.2 Å². The molecular formula is C24H21BrN2O4. The Morgan fingerprint density at radius 2 is 1.71 bits per heavy atom. The molecule has 3 aromatic rings. The lowest BCUT2D eigenvalue weighted by Gasteiger charge is -2.22. The Bertz CT molecular complexity index is 1170. The van der Waals surface area contributed by atoms with E-state index < -0.39 is 17.7 Å². The second kappa shape index (κ2) is 7.81. The molecule has 0 aliphatic carbocycles. The van der Waals surface area contributed by atoms with Crippen molar-refractivity contribution in [3.8, 4) is 0 Å². The Morgan fingerprint density at radius 1 is 1.06 bits per heavy atom. The van der Waals surface area contributed by atoms with Crippen LogP contribution in [0.5, 0.6) is 0 Å². The van der Waals surface area contributed by atoms with Gasteiger partial charge in [-0.05, 0) is 17.7 Å². The zero-order valence-corrected chi connectivity index (χ0v) is 18.9. The number of Topliss-reactive ketones (excluding diaryl/α,β-unsaturated/α-hetero) is 1. The molecular weight excluding hydrogens is 460 g/mol. The number of hydrogen-bond acceptors (Lipinski definition) is 5. The molecule has 0 radical (unpaired) electrons. The standard InChI is InChI=1S/C24H21BrN2O4/c1-24(2,3)17-13-18(26-31-17)27-20(14-7-5-4-6-8-14)19(22(29)23(27)30)21(28)15-9-11-16(25)12-10-15/h4-13,20,28H,1-3H3/t20-/m0/s1. The molecule has 0 unspecified atom stereocenters. The fourth-order valence-electron chi connectivity index (χ4n) is 3.52. The average Bonchev–Trinajstić information content (AvgIpc) is 3.32. The molecule has 2 heterocycles. The quantitative estimate of drug-likeness (QED) is 0.309. The summed E-state index contributed by atoms with van der Waals surface area (Å²) in [4.78, 5) is 27.5. The Labute approximate surface area is 188 Å². The molecule has 1 fully saturated rings. The summed E-state index contributed by atoms with van der Waals surface area (Å²) in [6, 6.07) is 16.8. The van der Waals surface area contributed by atoms with E-state index in [-0.39, 0.29) is 22.6 Å². The zero-order valence-electron chi connectivity index (χ0n) is 17.3. The number of benzene rings is 2. The van der Waals surface area contributed by atoms with Crippen molar-refractivity contribution in [2.45, 2.75) is 32.2 Å². The summed E-state index contributed by atoms with van der Waals surface area (Å²) in [6.07, 6.45) is 0. The smallest absolute Gasteiger partial charge is 0.301 e. The molecule has 7 heteroatoms. The first kappa shape index (κ1) is 21.1. The number of aliphatic hydroxyl groups is 1. The van der Waals surface area contributed by atoms with E-state index in [0.717, 1.165) is 4.47 Å². The van der Waals surface area contributed by atoms with Gasteiger partial charge in [0.15, 0.2) is 5.82 Å². The first-order chi connectivity index (χ1) is 14.7. The molecule has 0 bridgehead atoms. The van der Waals surface area contributed by atoms with Crippen LogP contribution < -0.4 is 4.90 Å². The highest BCUT2D eigenvalue weighted by Crippen LogP contribution is 2.42. The highest BCUT2D eigenvalue weighted by atomic mass is 79.9. The molecule has 0 saturated carbocycles. The van der Waals surface area contributed by atoms with E-state index >= 15 is 0 Å². The molecule has 1 atom stereocenters. The van der Waals surface area contributed by atoms with Crippen LogP contribution in [-0.2, 0) is 15.0 Å². The third kappa shape index (κ3) is 3.81. The van der Waals surface area contributed by atoms with Crippen LogP contribution in [0.2, 0.25) is 0 Å². The molecule has 1 saturated heterocycles. The number of nitrogens with zero attached hydrogens (tertiary/aromatic N) is 2. The highest BCUT2D eigenvalue weighted by Gasteiger charge is 2.48. The minimum atomic E-state index is -0.831. The van der Waals surface area contributed by atoms with Gasteiger partial charge in [0.1, 0.15) is 11.5 Å². The van der Waals surface area contributed by atoms with Gasteiger partial charge in [-0.2, -0.15) is 0 Å². The van der Waals surface area contributed by atoms with Crippen molar-refractivity contribution in [2.75, 3.05) is 4.90 Å². The van der Waals surface area contributed by atoms with Crippen LogP contribution >= 0.6 is 15.9 Å². The van der Waals surface area contributed by atoms with E-state index in [1.165, 1.54) is 4.90 Å². The number of anilines is 1. The van der Waals surface area contributed by atoms with Crippen LogP contribution in [-0.4, -0.2) is 22.0 Å². The number of rotatable bonds is 3. The molecule has 158 valence electrons. The number of halogens is 1. The van der Waals surface area contributed by atoms with Crippen LogP contribution in [0.3, 0.4) is 0 Å². The minimum absolute atomic E-state index is 0.0128. The summed E-state index contributed by atoms with van der Waals surface area (Å²) >= 11 is 3.36. The maximum Gasteiger partial charge on any atom is 0.301 e. The number of carbonyl (C=O) groups is 2. The summed E-state index contributed by atoms with van der Waals surface area (Å²) in [5.74, 6) is -0.947. The number of ketones is 1. The maximum atomic E-state index is 13.1. The molecule has 2 aromatic carbocycles. The molecule has 31 heavy (non-hydrogen) atoms. The van der Waals surface area contributed by atoms with Crippen molar-refractivity contribution >= 4 is 39.2 Å². The largest absolute Gasteiger partial charge is 0.507 e. The molecule has 0 spiro atoms. The number of amides is 1. The van der Waals surface area contributed by atoms with E-state index in [0.29, 0.717) is 16.9 Å². The van der Waals surface area contributed by atoms with Crippen molar-refractivity contribution in [2.24, 2.45) is 0 Å². The molecule has 1 N–H and O–H groups in total. The van der Waals surface area contributed by atoms with Gasteiger partial charge in [-0.1, -0.05) is 84.3 Å². The lowest BCUT2D eigenvalue weighted by atomic mass is 9.93. The Balaban J connectivity index is 1.91. The van der Waals surface area contributed by atoms with Gasteiger partial charge < -0.3 is 9.63 Å². The first-order valence-electron chi connectivity index (χ1n) is 9.77. The third-order valence-electron chi connectivity index (χ3n) is 5.16. The minimum Gasteiger partial charge on any atom is -0.507 e. The third-order valence-corrected chi connectivity index (χ3v) is 5.69. The van der Waals surface area contributed by atoms with Crippen molar-refractivity contribution in [3.63, 3.8) is 0 Å². The van der Waals surface area contributed by atoms with Crippen LogP contribution in [0, 0.1) is 0 Å². The van der Waals surface area contributed by atoms with E-state index in [9.17, 15) is 14.7 Å². The van der Waals surface area contributed by atoms with Crippen LogP contribution in [0.4, 0.5) is 5.82 Å². The molecule has 1 aromatic heterocycles. The lowest BCUT2D eigenvalue weighted by Crippen LogP contribution is -2.29. The lowest BCUT2D eigenvalue weighted by molar-refractivity contribution is -0.132. The van der Waals surface area contributed by atoms with Gasteiger partial charge in [-0.3, -0.25) is 14.5 Å². The fourth-order valence-corrected chi connectivity index (χ4v) is 3.78. The second-order valence-corrected chi connectivity index (χ2v) is 9.30. The Hall–Kier alpha value is -3.19. The number of aromatic nitrogens is 1. The zero-order chi connectivity index (χ0) is 22.3. The summed E-state index contributed by atoms with van der Waals surface area (Å²) in [5.41, 5.74) is 0.815. The average molecular weight is 481 g/mol. The number of aliphatic hydroxyl groups excluding tert-OH is 1. The van der Waals surface area contributed by atoms with Crippen molar-refractivity contribution in [3.05, 3.63) is 87.6 Å². The predicted octanol–water partition coefficient (Wildman–Crippen LogP) is 5.36. The van der Waals surface area contributed by atoms with Crippen molar-refractivity contribution < 1.29 is 19.2 Å². The highest BCUT2D eigenvalue weighted by molar-refractivity contribution is 9.10. The predicted molar refractivity (Wildman–Crippen MR) is 121 cm³/mol. The van der Waals surface area contributed by atoms with Gasteiger partial charge in [-0.25, -0.2) is 0 Å². The molecule has 1 amide bonds. The monoisotopic (exact) mass is 480 g/mol. The van der Waals surface area contributed by atoms with Gasteiger partial charge in [0.2, 0.25) is 0 Å². The SMILES string of the molecule is CC(C)(C)c1cc(N2C(=O)C(=O)C(=C(O)c3ccc(Br)cc3)[C@@H]2c2ccccc2)no1. The molecule has 1 aliphatic rings. The Kier molecular flexibility index (Phi) is 5.31. The van der Waals surface area contributed by atoms with Gasteiger partial charge >= 0.3 is 5.91 Å². The summed E-state index contributed by atoms with van der Waals surface area (Å²) in [7, 11) is 0. The first-order valence-corrected chi connectivity index (χ1v) is 10.6. The van der Waals surface area contributed by atoms with E-state index in [1.807, 2.05) is 51.1 Å². The molecule has 1 aliphatic heterocycles. The summed E-state index contributed by atoms with van der Waals surface area (Å²) < 4.78 is 6.30. The van der Waals surface area contributed by atoms with Crippen molar-refractivity contribution in [1.82, 2.24) is 5.16 Å². The maximum absolute atomic E-state index is 13.1. The summed E-state index contributed by atoms with van der Waals surface area (Å²) in [6.45, 7) is 5.90. The topological polar surface area (TPSA) is 83.6 Å². The van der Waals surface area contributed by atoms with Gasteiger partial charge in [0.25, 0.3) is 5.78 Å².